The van der Waals surface area contributed by atoms with E-state index in [1.165, 1.54) is 0 Å². The van der Waals surface area contributed by atoms with Crippen LogP contribution in [0.3, 0.4) is 0 Å². The number of nitrogens with zero attached hydrogens (tertiary/aromatic N) is 1. The number of nitrogens with two attached hydrogens (primary N) is 1. The van der Waals surface area contributed by atoms with Crippen molar-refractivity contribution in [2.24, 2.45) is 5.73 Å². The number of carbonyl (C=O) groups is 1. The lowest BCUT2D eigenvalue weighted by atomic mass is 10.0. The van der Waals surface area contributed by atoms with E-state index in [4.69, 9.17) is 10.5 Å². The Morgan fingerprint density at radius 3 is 2.46 bits per heavy atom. The predicted octanol–water partition coefficient (Wildman–Crippen LogP) is 3.83. The van der Waals surface area contributed by atoms with Crippen molar-refractivity contribution in [3.63, 3.8) is 0 Å². The van der Waals surface area contributed by atoms with E-state index in [-0.39, 0.29) is 6.61 Å². The molecule has 5 heteroatoms. The smallest absolute Gasteiger partial charge is 0.249 e. The number of aromatic nitrogens is 1. The highest BCUT2D eigenvalue weighted by molar-refractivity contribution is 6.17. The first kappa shape index (κ1) is 18.1. The summed E-state index contributed by atoms with van der Waals surface area (Å²) in [6, 6.07) is 19.4. The van der Waals surface area contributed by atoms with Crippen LogP contribution in [0.25, 0.3) is 21.8 Å². The molecule has 4 aromatic rings. The van der Waals surface area contributed by atoms with Crippen LogP contribution in [0.2, 0.25) is 0 Å². The zero-order chi connectivity index (χ0) is 19.7. The average Bonchev–Trinajstić information content (AvgIpc) is 3.02. The van der Waals surface area contributed by atoms with E-state index in [1.807, 2.05) is 61.5 Å². The molecule has 0 saturated carbocycles. The van der Waals surface area contributed by atoms with Crippen molar-refractivity contribution >= 4 is 27.7 Å². The molecule has 0 radical (unpaired) electrons. The second kappa shape index (κ2) is 7.37. The molecule has 0 unspecified atom stereocenters. The first-order chi connectivity index (χ1) is 13.6. The molecule has 3 aromatic carbocycles. The summed E-state index contributed by atoms with van der Waals surface area (Å²) < 4.78 is 7.68. The molecule has 0 aliphatic heterocycles. The summed E-state index contributed by atoms with van der Waals surface area (Å²) in [4.78, 5) is 12.0. The Hall–Kier alpha value is -3.31. The van der Waals surface area contributed by atoms with Gasteiger partial charge in [0.05, 0.1) is 18.7 Å². The second-order valence-corrected chi connectivity index (χ2v) is 6.74. The van der Waals surface area contributed by atoms with Gasteiger partial charge in [-0.05, 0) is 48.4 Å². The van der Waals surface area contributed by atoms with Crippen LogP contribution in [-0.4, -0.2) is 22.2 Å². The number of fused-ring (bicyclic) bond motifs is 3. The summed E-state index contributed by atoms with van der Waals surface area (Å²) in [6.45, 7) is 3.18. The molecule has 28 heavy (non-hydrogen) atoms. The highest BCUT2D eigenvalue weighted by atomic mass is 16.5. The Labute approximate surface area is 163 Å². The topological polar surface area (TPSA) is 77.5 Å². The normalized spacial score (nSPS) is 11.2. The van der Waals surface area contributed by atoms with Crippen molar-refractivity contribution in [3.8, 4) is 5.75 Å². The summed E-state index contributed by atoms with van der Waals surface area (Å²) in [5.74, 6) is 0.393. The fourth-order valence-corrected chi connectivity index (χ4v) is 3.70. The lowest BCUT2D eigenvalue weighted by molar-refractivity contribution is 0.100. The number of ether oxygens (including phenoxy) is 1. The Morgan fingerprint density at radius 2 is 1.79 bits per heavy atom. The van der Waals surface area contributed by atoms with Gasteiger partial charge in [-0.25, -0.2) is 0 Å². The van der Waals surface area contributed by atoms with Gasteiger partial charge in [-0.2, -0.15) is 0 Å². The summed E-state index contributed by atoms with van der Waals surface area (Å²) in [7, 11) is 0. The van der Waals surface area contributed by atoms with Gasteiger partial charge in [0.15, 0.2) is 0 Å². The van der Waals surface area contributed by atoms with Crippen LogP contribution in [0.4, 0.5) is 0 Å². The van der Waals surface area contributed by atoms with Crippen LogP contribution in [0.1, 0.15) is 28.4 Å². The number of hydrogen-bond acceptors (Lipinski definition) is 3. The van der Waals surface area contributed by atoms with Gasteiger partial charge in [0.25, 0.3) is 0 Å². The van der Waals surface area contributed by atoms with E-state index in [2.05, 4.69) is 4.57 Å². The quantitative estimate of drug-likeness (QED) is 0.538. The number of primary amides is 1. The maximum atomic E-state index is 12.0. The number of rotatable bonds is 6. The molecule has 0 aliphatic rings. The fourth-order valence-electron chi connectivity index (χ4n) is 3.70. The minimum absolute atomic E-state index is 0.0385. The second-order valence-electron chi connectivity index (χ2n) is 6.74. The van der Waals surface area contributed by atoms with Crippen molar-refractivity contribution in [1.82, 2.24) is 4.57 Å². The molecular weight excluding hydrogens is 352 g/mol. The lowest BCUT2D eigenvalue weighted by Gasteiger charge is -2.10. The number of hydrogen-bond donors (Lipinski definition) is 2. The molecule has 142 valence electrons. The molecule has 1 heterocycles. The molecule has 0 fully saturated rings. The van der Waals surface area contributed by atoms with E-state index in [0.717, 1.165) is 38.7 Å². The largest absolute Gasteiger partial charge is 0.494 e. The van der Waals surface area contributed by atoms with Crippen LogP contribution in [-0.2, 0) is 13.2 Å². The highest BCUT2D eigenvalue weighted by Crippen LogP contribution is 2.33. The van der Waals surface area contributed by atoms with Crippen molar-refractivity contribution < 1.29 is 14.6 Å². The van der Waals surface area contributed by atoms with Gasteiger partial charge in [-0.15, -0.1) is 0 Å². The molecule has 0 spiro atoms. The van der Waals surface area contributed by atoms with Crippen LogP contribution < -0.4 is 10.5 Å². The van der Waals surface area contributed by atoms with E-state index in [0.29, 0.717) is 18.7 Å². The first-order valence-electron chi connectivity index (χ1n) is 9.28. The molecular formula is C23H22N2O3. The van der Waals surface area contributed by atoms with Gasteiger partial charge in [0.1, 0.15) is 5.75 Å². The summed E-state index contributed by atoms with van der Waals surface area (Å²) >= 11 is 0. The maximum Gasteiger partial charge on any atom is 0.249 e. The first-order valence-corrected chi connectivity index (χ1v) is 9.28. The van der Waals surface area contributed by atoms with Gasteiger partial charge in [0, 0.05) is 28.4 Å². The van der Waals surface area contributed by atoms with Crippen LogP contribution >= 0.6 is 0 Å². The number of aliphatic hydroxyl groups excluding tert-OH is 1. The molecule has 0 saturated heterocycles. The fraction of sp³-hybridized carbons (Fsp3) is 0.174. The van der Waals surface area contributed by atoms with Gasteiger partial charge in [-0.3, -0.25) is 4.79 Å². The van der Waals surface area contributed by atoms with Gasteiger partial charge in [0.2, 0.25) is 5.91 Å². The monoisotopic (exact) mass is 374 g/mol. The highest BCUT2D eigenvalue weighted by Gasteiger charge is 2.17. The van der Waals surface area contributed by atoms with Crippen molar-refractivity contribution in [3.05, 3.63) is 77.4 Å². The average molecular weight is 374 g/mol. The Bertz CT molecular complexity index is 1160. The van der Waals surface area contributed by atoms with Gasteiger partial charge >= 0.3 is 0 Å². The number of carbonyl (C=O) groups excluding carboxylic acids is 1. The summed E-state index contributed by atoms with van der Waals surface area (Å²) in [5, 5.41) is 11.4. The van der Waals surface area contributed by atoms with Crippen LogP contribution in [0.5, 0.6) is 5.75 Å². The third kappa shape index (κ3) is 3.10. The maximum absolute atomic E-state index is 12.0. The summed E-state index contributed by atoms with van der Waals surface area (Å²) in [5.41, 5.74) is 9.97. The number of benzene rings is 3. The molecule has 0 aliphatic carbocycles. The molecule has 4 rings (SSSR count). The van der Waals surface area contributed by atoms with Gasteiger partial charge < -0.3 is 20.1 Å². The minimum Gasteiger partial charge on any atom is -0.494 e. The standard InChI is InChI=1S/C23H22N2O3/c1-2-28-17-9-6-15(7-10-17)13-25-20-5-3-4-19(23(24)27)22(20)18-11-8-16(14-26)12-21(18)25/h3-12,26H,2,13-14H2,1H3,(H2,24,27). The Morgan fingerprint density at radius 1 is 1.04 bits per heavy atom. The SMILES string of the molecule is CCOc1ccc(Cn2c3cc(CO)ccc3c3c(C(N)=O)cccc32)cc1. The van der Waals surface area contributed by atoms with Crippen LogP contribution in [0, 0.1) is 0 Å². The lowest BCUT2D eigenvalue weighted by Crippen LogP contribution is -2.11. The molecule has 3 N–H and O–H groups in total. The zero-order valence-electron chi connectivity index (χ0n) is 15.7. The molecule has 0 bridgehead atoms. The molecule has 0 atom stereocenters. The molecule has 1 aromatic heterocycles. The Kier molecular flexibility index (Phi) is 4.75. The summed E-state index contributed by atoms with van der Waals surface area (Å²) in [6.07, 6.45) is 0. The van der Waals surface area contributed by atoms with Crippen molar-refractivity contribution in [2.75, 3.05) is 6.61 Å². The van der Waals surface area contributed by atoms with Crippen LogP contribution in [0.15, 0.2) is 60.7 Å². The predicted molar refractivity (Wildman–Crippen MR) is 111 cm³/mol. The van der Waals surface area contributed by atoms with Crippen molar-refractivity contribution in [2.45, 2.75) is 20.1 Å². The molecule has 5 nitrogen and oxygen atoms in total. The van der Waals surface area contributed by atoms with E-state index in [9.17, 15) is 9.90 Å². The van der Waals surface area contributed by atoms with E-state index < -0.39 is 5.91 Å². The molecule has 1 amide bonds. The Balaban J connectivity index is 1.92. The zero-order valence-corrected chi connectivity index (χ0v) is 15.7. The third-order valence-corrected chi connectivity index (χ3v) is 4.98. The van der Waals surface area contributed by atoms with E-state index >= 15 is 0 Å². The minimum atomic E-state index is -0.447. The van der Waals surface area contributed by atoms with Gasteiger partial charge in [-0.1, -0.05) is 30.3 Å². The van der Waals surface area contributed by atoms with Crippen molar-refractivity contribution in [1.29, 1.82) is 0 Å². The van der Waals surface area contributed by atoms with E-state index in [1.54, 1.807) is 6.07 Å². The number of aliphatic hydroxyl groups is 1. The third-order valence-electron chi connectivity index (χ3n) is 4.98. The number of amides is 1.